The quantitative estimate of drug-likeness (QED) is 0.815. The summed E-state index contributed by atoms with van der Waals surface area (Å²) in [7, 11) is 0. The molecule has 1 saturated carbocycles. The molecule has 1 aromatic heterocycles. The van der Waals surface area contributed by atoms with Crippen LogP contribution in [0.2, 0.25) is 0 Å². The monoisotopic (exact) mass is 248 g/mol. The van der Waals surface area contributed by atoms with Crippen LogP contribution in [0.15, 0.2) is 21.7 Å². The minimum atomic E-state index is -0.266. The Morgan fingerprint density at radius 3 is 2.44 bits per heavy atom. The van der Waals surface area contributed by atoms with Crippen molar-refractivity contribution in [3.05, 3.63) is 23.7 Å². The molecule has 1 fully saturated rings. The highest BCUT2D eigenvalue weighted by atomic mass is 16.3. The van der Waals surface area contributed by atoms with E-state index in [0.29, 0.717) is 5.76 Å². The average Bonchev–Trinajstić information content (AvgIpc) is 2.74. The Morgan fingerprint density at radius 1 is 1.17 bits per heavy atom. The van der Waals surface area contributed by atoms with Gasteiger partial charge in [-0.1, -0.05) is 19.3 Å². The summed E-state index contributed by atoms with van der Waals surface area (Å²) in [5.74, 6) is 0.791. The van der Waals surface area contributed by atoms with Crippen LogP contribution in [0.25, 0.3) is 0 Å². The Kier molecular flexibility index (Phi) is 4.56. The number of rotatable bonds is 2. The lowest BCUT2D eigenvalue weighted by molar-refractivity contribution is 0.0925. The fourth-order valence-electron chi connectivity index (χ4n) is 2.17. The molecule has 1 aromatic rings. The summed E-state index contributed by atoms with van der Waals surface area (Å²) in [6.07, 6.45) is 8.21. The van der Waals surface area contributed by atoms with E-state index in [1.807, 2.05) is 6.92 Å². The smallest absolute Gasteiger partial charge is 0.307 e. The van der Waals surface area contributed by atoms with Crippen molar-refractivity contribution >= 4 is 11.6 Å². The van der Waals surface area contributed by atoms with Gasteiger partial charge in [0.1, 0.15) is 5.76 Å². The second-order valence-electron chi connectivity index (χ2n) is 4.80. The molecule has 18 heavy (non-hydrogen) atoms. The Balaban J connectivity index is 1.90. The van der Waals surface area contributed by atoms with Crippen LogP contribution in [0.3, 0.4) is 0 Å². The maximum absolute atomic E-state index is 11.7. The molecule has 0 unspecified atom stereocenters. The third kappa shape index (κ3) is 3.72. The number of carbonyl (C=O) groups excluding carboxylic acids is 1. The second-order valence-corrected chi connectivity index (χ2v) is 4.80. The molecule has 1 aliphatic carbocycles. The number of nitrogens with one attached hydrogen (secondary N) is 1. The molecule has 0 radical (unpaired) electrons. The number of furan rings is 1. The summed E-state index contributed by atoms with van der Waals surface area (Å²) in [5.41, 5.74) is 3.69. The first-order chi connectivity index (χ1) is 8.75. The van der Waals surface area contributed by atoms with E-state index in [-0.39, 0.29) is 5.91 Å². The fraction of sp³-hybridized carbons (Fsp3) is 0.571. The van der Waals surface area contributed by atoms with Crippen molar-refractivity contribution < 1.29 is 9.21 Å². The highest BCUT2D eigenvalue weighted by Crippen LogP contribution is 2.14. The predicted molar refractivity (Wildman–Crippen MR) is 70.7 cm³/mol. The van der Waals surface area contributed by atoms with Crippen LogP contribution in [0.4, 0.5) is 0 Å². The Labute approximate surface area is 107 Å². The molecule has 1 aliphatic rings. The molecule has 0 spiro atoms. The first kappa shape index (κ1) is 12.9. The van der Waals surface area contributed by atoms with Crippen molar-refractivity contribution in [1.29, 1.82) is 0 Å². The number of amides is 1. The molecule has 0 saturated heterocycles. The molecule has 0 aliphatic heterocycles. The topological polar surface area (TPSA) is 54.6 Å². The molecule has 1 heterocycles. The molecular formula is C14H20N2O2. The van der Waals surface area contributed by atoms with Crippen LogP contribution in [-0.4, -0.2) is 11.6 Å². The van der Waals surface area contributed by atoms with Crippen molar-refractivity contribution in [2.75, 3.05) is 0 Å². The van der Waals surface area contributed by atoms with Gasteiger partial charge in [0.15, 0.2) is 5.76 Å². The zero-order valence-corrected chi connectivity index (χ0v) is 10.9. The molecule has 1 N–H and O–H groups in total. The second kappa shape index (κ2) is 6.38. The number of hydrogen-bond donors (Lipinski definition) is 1. The lowest BCUT2D eigenvalue weighted by Crippen LogP contribution is -2.19. The van der Waals surface area contributed by atoms with Gasteiger partial charge in [0.25, 0.3) is 0 Å². The summed E-state index contributed by atoms with van der Waals surface area (Å²) >= 11 is 0. The third-order valence-corrected chi connectivity index (χ3v) is 3.21. The van der Waals surface area contributed by atoms with Crippen LogP contribution < -0.4 is 5.43 Å². The molecule has 4 nitrogen and oxygen atoms in total. The van der Waals surface area contributed by atoms with Gasteiger partial charge in [-0.05, 0) is 44.7 Å². The number of carbonyl (C=O) groups is 1. The van der Waals surface area contributed by atoms with E-state index in [1.54, 1.807) is 12.1 Å². The average molecular weight is 248 g/mol. The van der Waals surface area contributed by atoms with Crippen LogP contribution in [0, 0.1) is 6.92 Å². The maximum atomic E-state index is 11.7. The van der Waals surface area contributed by atoms with Crippen LogP contribution in [0.1, 0.15) is 61.3 Å². The highest BCUT2D eigenvalue weighted by Gasteiger charge is 2.10. The Hall–Kier alpha value is -1.58. The van der Waals surface area contributed by atoms with E-state index < -0.39 is 0 Å². The van der Waals surface area contributed by atoms with Crippen molar-refractivity contribution in [2.24, 2.45) is 5.10 Å². The predicted octanol–water partition coefficient (Wildman–Crippen LogP) is 3.42. The van der Waals surface area contributed by atoms with Gasteiger partial charge in [-0.2, -0.15) is 5.10 Å². The van der Waals surface area contributed by atoms with Gasteiger partial charge < -0.3 is 4.42 Å². The molecule has 1 amide bonds. The Morgan fingerprint density at radius 2 is 1.83 bits per heavy atom. The van der Waals surface area contributed by atoms with Gasteiger partial charge >= 0.3 is 5.91 Å². The molecule has 98 valence electrons. The lowest BCUT2D eigenvalue weighted by Gasteiger charge is -2.10. The van der Waals surface area contributed by atoms with Crippen LogP contribution in [-0.2, 0) is 0 Å². The van der Waals surface area contributed by atoms with Gasteiger partial charge in [-0.3, -0.25) is 4.79 Å². The SMILES string of the molecule is Cc1ccc(C(=O)NN=C2CCCCCCC2)o1. The van der Waals surface area contributed by atoms with Gasteiger partial charge in [0, 0.05) is 5.71 Å². The van der Waals surface area contributed by atoms with Crippen LogP contribution in [0.5, 0.6) is 0 Å². The zero-order chi connectivity index (χ0) is 12.8. The van der Waals surface area contributed by atoms with Gasteiger partial charge in [-0.25, -0.2) is 5.43 Å². The summed E-state index contributed by atoms with van der Waals surface area (Å²) < 4.78 is 5.25. The van der Waals surface area contributed by atoms with Gasteiger partial charge in [0.05, 0.1) is 0 Å². The number of hydrogen-bond acceptors (Lipinski definition) is 3. The molecule has 0 aromatic carbocycles. The molecule has 0 bridgehead atoms. The largest absolute Gasteiger partial charge is 0.456 e. The lowest BCUT2D eigenvalue weighted by atomic mass is 9.99. The summed E-state index contributed by atoms with van der Waals surface area (Å²) in [6.45, 7) is 1.82. The molecule has 0 atom stereocenters. The summed E-state index contributed by atoms with van der Waals surface area (Å²) in [6, 6.07) is 3.45. The van der Waals surface area contributed by atoms with E-state index in [1.165, 1.54) is 32.1 Å². The van der Waals surface area contributed by atoms with E-state index in [9.17, 15) is 4.79 Å². The standard InChI is InChI=1S/C14H20N2O2/c1-11-9-10-13(18-11)14(17)16-15-12-7-5-3-2-4-6-8-12/h9-10H,2-8H2,1H3,(H,16,17). The summed E-state index contributed by atoms with van der Waals surface area (Å²) in [5, 5.41) is 4.23. The summed E-state index contributed by atoms with van der Waals surface area (Å²) in [4.78, 5) is 11.7. The molecule has 2 rings (SSSR count). The van der Waals surface area contributed by atoms with Crippen molar-refractivity contribution in [3.63, 3.8) is 0 Å². The van der Waals surface area contributed by atoms with E-state index in [4.69, 9.17) is 4.42 Å². The first-order valence-electron chi connectivity index (χ1n) is 6.68. The number of hydrazone groups is 1. The fourth-order valence-corrected chi connectivity index (χ4v) is 2.17. The normalized spacial score (nSPS) is 16.8. The third-order valence-electron chi connectivity index (χ3n) is 3.21. The minimum absolute atomic E-state index is 0.266. The van der Waals surface area contributed by atoms with Gasteiger partial charge in [-0.15, -0.1) is 0 Å². The molecule has 4 heteroatoms. The van der Waals surface area contributed by atoms with E-state index in [0.717, 1.165) is 24.3 Å². The van der Waals surface area contributed by atoms with E-state index in [2.05, 4.69) is 10.5 Å². The first-order valence-corrected chi connectivity index (χ1v) is 6.68. The maximum Gasteiger partial charge on any atom is 0.307 e. The van der Waals surface area contributed by atoms with Gasteiger partial charge in [0.2, 0.25) is 0 Å². The van der Waals surface area contributed by atoms with Crippen molar-refractivity contribution in [2.45, 2.75) is 51.9 Å². The zero-order valence-electron chi connectivity index (χ0n) is 10.9. The number of nitrogens with zero attached hydrogens (tertiary/aromatic N) is 1. The van der Waals surface area contributed by atoms with Crippen molar-refractivity contribution in [1.82, 2.24) is 5.43 Å². The molecular weight excluding hydrogens is 228 g/mol. The van der Waals surface area contributed by atoms with Crippen LogP contribution >= 0.6 is 0 Å². The van der Waals surface area contributed by atoms with Crippen molar-refractivity contribution in [3.8, 4) is 0 Å². The number of aryl methyl sites for hydroxylation is 1. The highest BCUT2D eigenvalue weighted by molar-refractivity contribution is 5.93. The minimum Gasteiger partial charge on any atom is -0.456 e. The Bertz CT molecular complexity index is 425. The van der Waals surface area contributed by atoms with E-state index >= 15 is 0 Å².